The number of anilines is 1. The van der Waals surface area contributed by atoms with Crippen molar-refractivity contribution < 1.29 is 23.9 Å². The number of nitrogens with one attached hydrogen (secondary N) is 3. The Morgan fingerprint density at radius 1 is 1.06 bits per heavy atom. The van der Waals surface area contributed by atoms with Crippen LogP contribution in [0.5, 0.6) is 11.5 Å². The van der Waals surface area contributed by atoms with Crippen LogP contribution in [0.3, 0.4) is 0 Å². The molecule has 0 aliphatic carbocycles. The summed E-state index contributed by atoms with van der Waals surface area (Å²) in [6, 6.07) is 9.99. The van der Waals surface area contributed by atoms with Gasteiger partial charge in [0.25, 0.3) is 5.91 Å². The van der Waals surface area contributed by atoms with E-state index >= 15 is 0 Å². The summed E-state index contributed by atoms with van der Waals surface area (Å²) in [6.07, 6.45) is 1.36. The van der Waals surface area contributed by atoms with Crippen LogP contribution in [0.25, 0.3) is 0 Å². The molecule has 0 unspecified atom stereocenters. The van der Waals surface area contributed by atoms with Gasteiger partial charge in [-0.25, -0.2) is 5.43 Å². The van der Waals surface area contributed by atoms with Crippen molar-refractivity contribution in [3.63, 3.8) is 0 Å². The van der Waals surface area contributed by atoms with E-state index < -0.39 is 11.8 Å². The van der Waals surface area contributed by atoms with Gasteiger partial charge < -0.3 is 20.1 Å². The molecule has 0 saturated carbocycles. The second-order valence-electron chi connectivity index (χ2n) is 7.26. The standard InChI is InChI=1S/C23H27ClN4O5/c1-5-32-20-10-16(12-25-28-23(31)22(30)26-14(2)3)7-9-19(20)33-13-21(29)27-18-11-17(24)8-6-15(18)4/h6-12,14H,5,13H2,1-4H3,(H,26,30)(H,27,29)(H,28,31)/b25-12-. The predicted molar refractivity (Wildman–Crippen MR) is 127 cm³/mol. The first kappa shape index (κ1) is 25.7. The van der Waals surface area contributed by atoms with Crippen LogP contribution >= 0.6 is 11.6 Å². The zero-order chi connectivity index (χ0) is 24.4. The third kappa shape index (κ3) is 8.46. The summed E-state index contributed by atoms with van der Waals surface area (Å²) < 4.78 is 11.2. The molecule has 176 valence electrons. The SMILES string of the molecule is CCOc1cc(/C=N\NC(=O)C(=O)NC(C)C)ccc1OCC(=O)Nc1cc(Cl)ccc1C. The molecular formula is C23H27ClN4O5. The number of halogens is 1. The topological polar surface area (TPSA) is 118 Å². The monoisotopic (exact) mass is 474 g/mol. The largest absolute Gasteiger partial charge is 0.490 e. The van der Waals surface area contributed by atoms with E-state index in [0.717, 1.165) is 5.56 Å². The number of rotatable bonds is 9. The maximum Gasteiger partial charge on any atom is 0.329 e. The molecule has 3 amide bonds. The van der Waals surface area contributed by atoms with Gasteiger partial charge in [0.2, 0.25) is 0 Å². The quantitative estimate of drug-likeness (QED) is 0.293. The Hall–Kier alpha value is -3.59. The molecule has 10 heteroatoms. The third-order valence-corrected chi connectivity index (χ3v) is 4.34. The predicted octanol–water partition coefficient (Wildman–Crippen LogP) is 3.04. The van der Waals surface area contributed by atoms with E-state index in [1.165, 1.54) is 6.21 Å². The van der Waals surface area contributed by atoms with Crippen molar-refractivity contribution in [2.75, 3.05) is 18.5 Å². The highest BCUT2D eigenvalue weighted by atomic mass is 35.5. The van der Waals surface area contributed by atoms with Gasteiger partial charge >= 0.3 is 11.8 Å². The van der Waals surface area contributed by atoms with Crippen molar-refractivity contribution >= 4 is 41.2 Å². The molecule has 33 heavy (non-hydrogen) atoms. The Bertz CT molecular complexity index is 1040. The van der Waals surface area contributed by atoms with Crippen molar-refractivity contribution in [1.82, 2.24) is 10.7 Å². The van der Waals surface area contributed by atoms with Gasteiger partial charge in [0.15, 0.2) is 18.1 Å². The molecule has 3 N–H and O–H groups in total. The van der Waals surface area contributed by atoms with Gasteiger partial charge in [-0.1, -0.05) is 17.7 Å². The van der Waals surface area contributed by atoms with Gasteiger partial charge in [-0.2, -0.15) is 5.10 Å². The van der Waals surface area contributed by atoms with Gasteiger partial charge in [-0.3, -0.25) is 14.4 Å². The number of carbonyl (C=O) groups excluding carboxylic acids is 3. The van der Waals surface area contributed by atoms with Gasteiger partial charge in [0, 0.05) is 16.8 Å². The first-order valence-corrected chi connectivity index (χ1v) is 10.7. The minimum atomic E-state index is -0.870. The number of hydrogen-bond donors (Lipinski definition) is 3. The summed E-state index contributed by atoms with van der Waals surface area (Å²) >= 11 is 5.98. The number of ether oxygens (including phenoxy) is 2. The molecule has 0 aliphatic heterocycles. The summed E-state index contributed by atoms with van der Waals surface area (Å²) in [7, 11) is 0. The van der Waals surface area contributed by atoms with Gasteiger partial charge in [-0.15, -0.1) is 0 Å². The van der Waals surface area contributed by atoms with E-state index in [4.69, 9.17) is 21.1 Å². The van der Waals surface area contributed by atoms with Crippen LogP contribution in [0.1, 0.15) is 31.9 Å². The number of hydrogen-bond acceptors (Lipinski definition) is 6. The zero-order valence-electron chi connectivity index (χ0n) is 18.9. The van der Waals surface area contributed by atoms with Crippen molar-refractivity contribution in [1.29, 1.82) is 0 Å². The zero-order valence-corrected chi connectivity index (χ0v) is 19.7. The van der Waals surface area contributed by atoms with E-state index in [0.29, 0.717) is 34.4 Å². The lowest BCUT2D eigenvalue weighted by Gasteiger charge is -2.13. The van der Waals surface area contributed by atoms with Crippen LogP contribution in [0, 0.1) is 6.92 Å². The molecule has 9 nitrogen and oxygen atoms in total. The highest BCUT2D eigenvalue weighted by Gasteiger charge is 2.13. The molecule has 2 rings (SSSR count). The first-order chi connectivity index (χ1) is 15.7. The average molecular weight is 475 g/mol. The molecule has 0 spiro atoms. The summed E-state index contributed by atoms with van der Waals surface area (Å²) in [5, 5.41) is 9.53. The fourth-order valence-electron chi connectivity index (χ4n) is 2.59. The second-order valence-corrected chi connectivity index (χ2v) is 7.70. The summed E-state index contributed by atoms with van der Waals surface area (Å²) in [5.74, 6) is -1.22. The number of nitrogens with zero attached hydrogens (tertiary/aromatic N) is 1. The molecule has 0 aliphatic rings. The molecule has 0 aromatic heterocycles. The van der Waals surface area contributed by atoms with Crippen LogP contribution in [-0.4, -0.2) is 43.2 Å². The van der Waals surface area contributed by atoms with E-state index in [-0.39, 0.29) is 18.6 Å². The molecule has 0 radical (unpaired) electrons. The molecule has 0 bridgehead atoms. The van der Waals surface area contributed by atoms with Crippen molar-refractivity contribution in [2.24, 2.45) is 5.10 Å². The molecular weight excluding hydrogens is 448 g/mol. The third-order valence-electron chi connectivity index (χ3n) is 4.11. The number of carbonyl (C=O) groups is 3. The fraction of sp³-hybridized carbons (Fsp3) is 0.304. The minimum Gasteiger partial charge on any atom is -0.490 e. The smallest absolute Gasteiger partial charge is 0.329 e. The highest BCUT2D eigenvalue weighted by Crippen LogP contribution is 2.28. The van der Waals surface area contributed by atoms with E-state index in [1.807, 2.05) is 19.9 Å². The minimum absolute atomic E-state index is 0.162. The molecule has 0 heterocycles. The normalized spacial score (nSPS) is 10.7. The van der Waals surface area contributed by atoms with Crippen molar-refractivity contribution in [3.8, 4) is 11.5 Å². The van der Waals surface area contributed by atoms with Gasteiger partial charge in [-0.05, 0) is 69.2 Å². The highest BCUT2D eigenvalue weighted by molar-refractivity contribution is 6.35. The maximum atomic E-state index is 12.3. The lowest BCUT2D eigenvalue weighted by molar-refractivity contribution is -0.139. The average Bonchev–Trinajstić information content (AvgIpc) is 2.75. The van der Waals surface area contributed by atoms with E-state index in [9.17, 15) is 14.4 Å². The van der Waals surface area contributed by atoms with Crippen molar-refractivity contribution in [2.45, 2.75) is 33.7 Å². The molecule has 0 saturated heterocycles. The summed E-state index contributed by atoms with van der Waals surface area (Å²) in [6.45, 7) is 7.30. The van der Waals surface area contributed by atoms with Gasteiger partial charge in [0.05, 0.1) is 12.8 Å². The van der Waals surface area contributed by atoms with Crippen LogP contribution in [-0.2, 0) is 14.4 Å². The Morgan fingerprint density at radius 2 is 1.82 bits per heavy atom. The Kier molecular flexibility index (Phi) is 9.68. The first-order valence-electron chi connectivity index (χ1n) is 10.3. The lowest BCUT2D eigenvalue weighted by atomic mass is 10.2. The van der Waals surface area contributed by atoms with Crippen LogP contribution < -0.4 is 25.5 Å². The second kappa shape index (κ2) is 12.4. The molecule has 2 aromatic carbocycles. The Morgan fingerprint density at radius 3 is 2.52 bits per heavy atom. The molecule has 2 aromatic rings. The fourth-order valence-corrected chi connectivity index (χ4v) is 2.77. The van der Waals surface area contributed by atoms with Crippen LogP contribution in [0.15, 0.2) is 41.5 Å². The number of benzene rings is 2. The van der Waals surface area contributed by atoms with Crippen molar-refractivity contribution in [3.05, 3.63) is 52.5 Å². The van der Waals surface area contributed by atoms with Crippen LogP contribution in [0.2, 0.25) is 5.02 Å². The Balaban J connectivity index is 1.99. The van der Waals surface area contributed by atoms with Gasteiger partial charge in [0.1, 0.15) is 0 Å². The summed E-state index contributed by atoms with van der Waals surface area (Å²) in [5.41, 5.74) is 4.23. The number of aryl methyl sites for hydroxylation is 1. The number of amides is 3. The maximum absolute atomic E-state index is 12.3. The van der Waals surface area contributed by atoms with E-state index in [2.05, 4.69) is 21.2 Å². The Labute approximate surface area is 197 Å². The molecule has 0 atom stereocenters. The lowest BCUT2D eigenvalue weighted by Crippen LogP contribution is -2.41. The van der Waals surface area contributed by atoms with E-state index in [1.54, 1.807) is 44.2 Å². The van der Waals surface area contributed by atoms with Crippen LogP contribution in [0.4, 0.5) is 5.69 Å². The molecule has 0 fully saturated rings. The summed E-state index contributed by atoms with van der Waals surface area (Å²) in [4.78, 5) is 35.6. The number of hydrazone groups is 1.